The maximum absolute atomic E-state index is 13.4. The van der Waals surface area contributed by atoms with E-state index in [4.69, 9.17) is 0 Å². The van der Waals surface area contributed by atoms with E-state index >= 15 is 0 Å². The van der Waals surface area contributed by atoms with Crippen LogP contribution >= 0.6 is 0 Å². The van der Waals surface area contributed by atoms with E-state index in [0.29, 0.717) is 18.4 Å². The minimum Gasteiger partial charge on any atom is -0.336 e. The number of aromatic nitrogens is 2. The van der Waals surface area contributed by atoms with Gasteiger partial charge < -0.3 is 10.2 Å². The second kappa shape index (κ2) is 6.26. The summed E-state index contributed by atoms with van der Waals surface area (Å²) in [7, 11) is 3.77. The van der Waals surface area contributed by atoms with Gasteiger partial charge in [-0.2, -0.15) is 5.10 Å². The maximum Gasteiger partial charge on any atom is 0.224 e. The summed E-state index contributed by atoms with van der Waals surface area (Å²) in [6.45, 7) is 0. The van der Waals surface area contributed by atoms with Crippen LogP contribution in [-0.4, -0.2) is 39.7 Å². The summed E-state index contributed by atoms with van der Waals surface area (Å²) in [5.74, 6) is 0.385. The molecule has 1 aromatic carbocycles. The van der Waals surface area contributed by atoms with Crippen LogP contribution < -0.4 is 5.32 Å². The van der Waals surface area contributed by atoms with E-state index in [0.717, 1.165) is 24.1 Å². The number of hydrogen-bond acceptors (Lipinski definition) is 3. The van der Waals surface area contributed by atoms with Crippen molar-refractivity contribution in [1.29, 1.82) is 0 Å². The second-order valence-corrected chi connectivity index (χ2v) is 7.23. The van der Waals surface area contributed by atoms with E-state index in [1.165, 1.54) is 6.07 Å². The Bertz CT molecular complexity index is 783. The van der Waals surface area contributed by atoms with E-state index < -0.39 is 0 Å². The quantitative estimate of drug-likeness (QED) is 0.928. The number of amides is 1. The SMILES string of the molecule is CN1C(=O)C[C@@H](NC2CC(c3cccc(F)c3)C2)[C@@H]1c1ccnn1C. The average molecular weight is 342 g/mol. The molecule has 5 nitrogen and oxygen atoms in total. The smallest absolute Gasteiger partial charge is 0.224 e. The first-order valence-electron chi connectivity index (χ1n) is 8.78. The van der Waals surface area contributed by atoms with Gasteiger partial charge in [-0.1, -0.05) is 12.1 Å². The molecule has 1 saturated heterocycles. The van der Waals surface area contributed by atoms with Crippen LogP contribution in [0.1, 0.15) is 42.5 Å². The van der Waals surface area contributed by atoms with Crippen molar-refractivity contribution < 1.29 is 9.18 Å². The van der Waals surface area contributed by atoms with Crippen molar-refractivity contribution in [3.8, 4) is 0 Å². The van der Waals surface area contributed by atoms with Crippen molar-refractivity contribution in [2.45, 2.75) is 43.3 Å². The number of carbonyl (C=O) groups excluding carboxylic acids is 1. The van der Waals surface area contributed by atoms with Crippen LogP contribution in [0.2, 0.25) is 0 Å². The lowest BCUT2D eigenvalue weighted by molar-refractivity contribution is -0.127. The van der Waals surface area contributed by atoms with Crippen LogP contribution in [0.4, 0.5) is 4.39 Å². The Balaban J connectivity index is 1.42. The molecule has 0 spiro atoms. The lowest BCUT2D eigenvalue weighted by Crippen LogP contribution is -2.47. The fraction of sp³-hybridized carbons (Fsp3) is 0.474. The van der Waals surface area contributed by atoms with Gasteiger partial charge in [0.1, 0.15) is 5.82 Å². The first kappa shape index (κ1) is 16.3. The molecule has 0 bridgehead atoms. The van der Waals surface area contributed by atoms with Crippen molar-refractivity contribution in [3.05, 3.63) is 53.6 Å². The molecule has 2 aromatic rings. The number of rotatable bonds is 4. The van der Waals surface area contributed by atoms with Gasteiger partial charge in [0, 0.05) is 38.8 Å². The molecule has 1 N–H and O–H groups in total. The number of nitrogens with one attached hydrogen (secondary N) is 1. The first-order valence-corrected chi connectivity index (χ1v) is 8.78. The number of aryl methyl sites for hydroxylation is 1. The zero-order valence-electron chi connectivity index (χ0n) is 14.5. The van der Waals surface area contributed by atoms with Crippen LogP contribution in [0.25, 0.3) is 0 Å². The lowest BCUT2D eigenvalue weighted by atomic mass is 9.75. The summed E-state index contributed by atoms with van der Waals surface area (Å²) in [5.41, 5.74) is 2.12. The molecule has 25 heavy (non-hydrogen) atoms. The molecule has 0 unspecified atom stereocenters. The Labute approximate surface area is 146 Å². The molecule has 4 rings (SSSR count). The van der Waals surface area contributed by atoms with Gasteiger partial charge in [0.25, 0.3) is 0 Å². The molecule has 2 atom stereocenters. The molecular weight excluding hydrogens is 319 g/mol. The predicted octanol–water partition coefficient (Wildman–Crippen LogP) is 2.37. The van der Waals surface area contributed by atoms with Gasteiger partial charge in [-0.3, -0.25) is 9.48 Å². The number of carbonyl (C=O) groups is 1. The third-order valence-electron chi connectivity index (χ3n) is 5.66. The van der Waals surface area contributed by atoms with E-state index in [9.17, 15) is 9.18 Å². The molecule has 1 aliphatic carbocycles. The van der Waals surface area contributed by atoms with E-state index in [1.807, 2.05) is 35.8 Å². The predicted molar refractivity (Wildman–Crippen MR) is 92.4 cm³/mol. The topological polar surface area (TPSA) is 50.2 Å². The third kappa shape index (κ3) is 2.95. The molecule has 1 aliphatic heterocycles. The molecule has 2 aliphatic rings. The van der Waals surface area contributed by atoms with E-state index in [2.05, 4.69) is 10.4 Å². The molecule has 2 fully saturated rings. The fourth-order valence-electron chi connectivity index (χ4n) is 4.19. The van der Waals surface area contributed by atoms with Crippen LogP contribution in [-0.2, 0) is 11.8 Å². The van der Waals surface area contributed by atoms with Crippen molar-refractivity contribution in [3.63, 3.8) is 0 Å². The highest BCUT2D eigenvalue weighted by Gasteiger charge is 2.42. The molecule has 1 aromatic heterocycles. The maximum atomic E-state index is 13.4. The fourth-order valence-corrected chi connectivity index (χ4v) is 4.19. The summed E-state index contributed by atoms with van der Waals surface area (Å²) >= 11 is 0. The minimum absolute atomic E-state index is 0.00761. The van der Waals surface area contributed by atoms with Crippen molar-refractivity contribution in [2.24, 2.45) is 7.05 Å². The highest BCUT2D eigenvalue weighted by Crippen LogP contribution is 2.39. The Morgan fingerprint density at radius 3 is 2.72 bits per heavy atom. The highest BCUT2D eigenvalue weighted by atomic mass is 19.1. The number of hydrogen-bond donors (Lipinski definition) is 1. The van der Waals surface area contributed by atoms with Crippen molar-refractivity contribution in [2.75, 3.05) is 7.05 Å². The van der Waals surface area contributed by atoms with Crippen LogP contribution in [0.5, 0.6) is 0 Å². The number of likely N-dealkylation sites (N-methyl/N-ethyl adjacent to an activating group) is 1. The van der Waals surface area contributed by atoms with E-state index in [-0.39, 0.29) is 23.8 Å². The number of nitrogens with zero attached hydrogens (tertiary/aromatic N) is 3. The zero-order chi connectivity index (χ0) is 17.6. The van der Waals surface area contributed by atoms with Gasteiger partial charge in [-0.05, 0) is 42.5 Å². The molecule has 132 valence electrons. The minimum atomic E-state index is -0.173. The zero-order valence-corrected chi connectivity index (χ0v) is 14.5. The molecule has 6 heteroatoms. The Hall–Kier alpha value is -2.21. The number of likely N-dealkylation sites (tertiary alicyclic amines) is 1. The largest absolute Gasteiger partial charge is 0.336 e. The molecule has 1 amide bonds. The van der Waals surface area contributed by atoms with Crippen LogP contribution in [0, 0.1) is 5.82 Å². The Morgan fingerprint density at radius 1 is 1.24 bits per heavy atom. The average Bonchev–Trinajstić information content (AvgIpc) is 3.06. The van der Waals surface area contributed by atoms with E-state index in [1.54, 1.807) is 18.3 Å². The van der Waals surface area contributed by atoms with Crippen molar-refractivity contribution >= 4 is 5.91 Å². The monoisotopic (exact) mass is 342 g/mol. The molecule has 0 radical (unpaired) electrons. The van der Waals surface area contributed by atoms with Gasteiger partial charge in [-0.15, -0.1) is 0 Å². The normalized spacial score (nSPS) is 29.1. The first-order chi connectivity index (χ1) is 12.0. The van der Waals surface area contributed by atoms with Gasteiger partial charge in [0.05, 0.1) is 11.7 Å². The van der Waals surface area contributed by atoms with Gasteiger partial charge in [0.15, 0.2) is 0 Å². The highest BCUT2D eigenvalue weighted by molar-refractivity contribution is 5.80. The summed E-state index contributed by atoms with van der Waals surface area (Å²) < 4.78 is 15.2. The number of halogens is 1. The summed E-state index contributed by atoms with van der Waals surface area (Å²) in [5, 5.41) is 7.90. The molecular formula is C19H23FN4O. The summed E-state index contributed by atoms with van der Waals surface area (Å²) in [6, 6.07) is 9.32. The molecule has 2 heterocycles. The summed E-state index contributed by atoms with van der Waals surface area (Å²) in [6.07, 6.45) is 4.24. The Morgan fingerprint density at radius 2 is 2.04 bits per heavy atom. The number of benzene rings is 1. The van der Waals surface area contributed by atoms with Crippen molar-refractivity contribution in [1.82, 2.24) is 20.0 Å². The van der Waals surface area contributed by atoms with Crippen LogP contribution in [0.3, 0.4) is 0 Å². The Kier molecular flexibility index (Phi) is 4.07. The molecule has 1 saturated carbocycles. The summed E-state index contributed by atoms with van der Waals surface area (Å²) in [4.78, 5) is 14.0. The third-order valence-corrected chi connectivity index (χ3v) is 5.66. The van der Waals surface area contributed by atoms with Gasteiger partial charge in [0.2, 0.25) is 5.91 Å². The van der Waals surface area contributed by atoms with Gasteiger partial charge >= 0.3 is 0 Å². The van der Waals surface area contributed by atoms with Gasteiger partial charge in [-0.25, -0.2) is 4.39 Å². The second-order valence-electron chi connectivity index (χ2n) is 7.23. The van der Waals surface area contributed by atoms with Crippen LogP contribution in [0.15, 0.2) is 36.5 Å². The lowest BCUT2D eigenvalue weighted by Gasteiger charge is -2.39. The standard InChI is InChI=1S/C19H23FN4O/c1-23-18(25)11-16(19(23)17-6-7-21-24(17)2)22-15-9-13(10-15)12-4-3-5-14(20)8-12/h3-8,13,15-16,19,22H,9-11H2,1-2H3/t13?,15?,16-,19-/m1/s1.